The van der Waals surface area contributed by atoms with Crippen LogP contribution in [0.4, 0.5) is 10.5 Å². The van der Waals surface area contributed by atoms with Crippen LogP contribution in [0.1, 0.15) is 51.0 Å². The number of aryl methyl sites for hydroxylation is 1. The molecule has 0 aromatic heterocycles. The normalized spacial score (nSPS) is 20.8. The maximum atomic E-state index is 12.8. The number of hydrogen-bond donors (Lipinski definition) is 1. The van der Waals surface area contributed by atoms with Crippen LogP contribution in [0.2, 0.25) is 0 Å². The highest BCUT2D eigenvalue weighted by atomic mass is 16.2. The predicted molar refractivity (Wildman–Crippen MR) is 99.6 cm³/mol. The molecular weight excluding hydrogens is 314 g/mol. The minimum atomic E-state index is -0.00861. The van der Waals surface area contributed by atoms with Gasteiger partial charge in [0, 0.05) is 37.8 Å². The molecule has 2 fully saturated rings. The third kappa shape index (κ3) is 4.53. The third-order valence-corrected chi connectivity index (χ3v) is 5.38. The SMILES string of the molecule is CCc1cccc(NC(=O)N2CCCC[C@@H]2CCN2CCCC2=O)c1. The van der Waals surface area contributed by atoms with Gasteiger partial charge in [0.2, 0.25) is 5.91 Å². The topological polar surface area (TPSA) is 52.7 Å². The van der Waals surface area contributed by atoms with Gasteiger partial charge in [-0.3, -0.25) is 4.79 Å². The molecule has 1 N–H and O–H groups in total. The number of amides is 3. The lowest BCUT2D eigenvalue weighted by molar-refractivity contribution is -0.127. The lowest BCUT2D eigenvalue weighted by Gasteiger charge is -2.36. The summed E-state index contributed by atoms with van der Waals surface area (Å²) in [5.74, 6) is 0.267. The van der Waals surface area contributed by atoms with Crippen LogP contribution in [-0.4, -0.2) is 47.4 Å². The van der Waals surface area contributed by atoms with Crippen LogP contribution in [-0.2, 0) is 11.2 Å². The number of nitrogens with one attached hydrogen (secondary N) is 1. The Bertz CT molecular complexity index is 617. The number of carbonyl (C=O) groups is 2. The van der Waals surface area contributed by atoms with Crippen LogP contribution in [0.5, 0.6) is 0 Å². The Morgan fingerprint density at radius 1 is 1.24 bits per heavy atom. The number of anilines is 1. The first-order chi connectivity index (χ1) is 12.2. The summed E-state index contributed by atoms with van der Waals surface area (Å²) in [4.78, 5) is 28.5. The van der Waals surface area contributed by atoms with Crippen molar-refractivity contribution in [2.75, 3.05) is 25.0 Å². The van der Waals surface area contributed by atoms with Crippen molar-refractivity contribution in [3.63, 3.8) is 0 Å². The molecule has 1 atom stereocenters. The van der Waals surface area contributed by atoms with E-state index in [2.05, 4.69) is 18.3 Å². The number of rotatable bonds is 5. The van der Waals surface area contributed by atoms with Gasteiger partial charge in [0.05, 0.1) is 0 Å². The molecule has 1 aromatic rings. The van der Waals surface area contributed by atoms with E-state index in [1.165, 1.54) is 5.56 Å². The zero-order valence-corrected chi connectivity index (χ0v) is 15.2. The van der Waals surface area contributed by atoms with Crippen LogP contribution >= 0.6 is 0 Å². The lowest BCUT2D eigenvalue weighted by Crippen LogP contribution is -2.47. The molecule has 2 aliphatic rings. The third-order valence-electron chi connectivity index (χ3n) is 5.38. The Morgan fingerprint density at radius 3 is 2.88 bits per heavy atom. The van der Waals surface area contributed by atoms with Crippen molar-refractivity contribution in [3.8, 4) is 0 Å². The van der Waals surface area contributed by atoms with Gasteiger partial charge in [0.15, 0.2) is 0 Å². The largest absolute Gasteiger partial charge is 0.343 e. The lowest BCUT2D eigenvalue weighted by atomic mass is 9.99. The molecular formula is C20H29N3O2. The van der Waals surface area contributed by atoms with E-state index in [1.807, 2.05) is 28.0 Å². The van der Waals surface area contributed by atoms with Gasteiger partial charge in [0.1, 0.15) is 0 Å². The Hall–Kier alpha value is -2.04. The van der Waals surface area contributed by atoms with E-state index in [0.717, 1.165) is 63.8 Å². The molecule has 0 bridgehead atoms. The number of carbonyl (C=O) groups excluding carboxylic acids is 2. The molecule has 1 aromatic carbocycles. The standard InChI is InChI=1S/C20H29N3O2/c1-2-16-7-5-8-17(15-16)21-20(25)23-13-4-3-9-18(23)11-14-22-12-6-10-19(22)24/h5,7-8,15,18H,2-4,6,9-14H2,1H3,(H,21,25)/t18-/m1/s1. The number of likely N-dealkylation sites (tertiary alicyclic amines) is 2. The van der Waals surface area contributed by atoms with Crippen LogP contribution in [0.3, 0.4) is 0 Å². The van der Waals surface area contributed by atoms with Crippen molar-refractivity contribution in [2.24, 2.45) is 0 Å². The fourth-order valence-corrected chi connectivity index (χ4v) is 3.88. The van der Waals surface area contributed by atoms with Gasteiger partial charge >= 0.3 is 6.03 Å². The summed E-state index contributed by atoms with van der Waals surface area (Å²) >= 11 is 0. The minimum Gasteiger partial charge on any atom is -0.343 e. The number of piperidine rings is 1. The molecule has 0 aliphatic carbocycles. The van der Waals surface area contributed by atoms with Crippen LogP contribution < -0.4 is 5.32 Å². The molecule has 2 heterocycles. The summed E-state index contributed by atoms with van der Waals surface area (Å²) in [6.45, 7) is 4.57. The molecule has 2 aliphatic heterocycles. The average molecular weight is 343 g/mol. The molecule has 5 heteroatoms. The maximum Gasteiger partial charge on any atom is 0.322 e. The summed E-state index contributed by atoms with van der Waals surface area (Å²) in [7, 11) is 0. The van der Waals surface area contributed by atoms with Crippen molar-refractivity contribution in [1.29, 1.82) is 0 Å². The second kappa shape index (κ2) is 8.37. The van der Waals surface area contributed by atoms with E-state index in [9.17, 15) is 9.59 Å². The summed E-state index contributed by atoms with van der Waals surface area (Å²) in [5, 5.41) is 3.06. The van der Waals surface area contributed by atoms with E-state index in [1.54, 1.807) is 0 Å². The Balaban J connectivity index is 1.59. The minimum absolute atomic E-state index is 0.00861. The first-order valence-electron chi connectivity index (χ1n) is 9.61. The van der Waals surface area contributed by atoms with Crippen LogP contribution in [0.15, 0.2) is 24.3 Å². The highest BCUT2D eigenvalue weighted by Gasteiger charge is 2.28. The van der Waals surface area contributed by atoms with Gasteiger partial charge in [-0.05, 0) is 56.2 Å². The summed E-state index contributed by atoms with van der Waals surface area (Å²) in [6, 6.07) is 8.27. The summed E-state index contributed by atoms with van der Waals surface area (Å²) in [6.07, 6.45) is 6.75. The van der Waals surface area contributed by atoms with E-state index in [0.29, 0.717) is 6.42 Å². The van der Waals surface area contributed by atoms with Gasteiger partial charge in [-0.15, -0.1) is 0 Å². The van der Waals surface area contributed by atoms with E-state index < -0.39 is 0 Å². The van der Waals surface area contributed by atoms with Gasteiger partial charge in [-0.25, -0.2) is 4.79 Å². The zero-order chi connectivity index (χ0) is 17.6. The molecule has 2 saturated heterocycles. The first-order valence-corrected chi connectivity index (χ1v) is 9.61. The Labute approximate surface area is 150 Å². The molecule has 25 heavy (non-hydrogen) atoms. The number of benzene rings is 1. The number of hydrogen-bond acceptors (Lipinski definition) is 2. The van der Waals surface area contributed by atoms with E-state index in [4.69, 9.17) is 0 Å². The van der Waals surface area contributed by atoms with Gasteiger partial charge in [0.25, 0.3) is 0 Å². The van der Waals surface area contributed by atoms with Gasteiger partial charge in [-0.1, -0.05) is 19.1 Å². The average Bonchev–Trinajstić information content (AvgIpc) is 3.05. The Morgan fingerprint density at radius 2 is 2.12 bits per heavy atom. The predicted octanol–water partition coefficient (Wildman–Crippen LogP) is 3.65. The molecule has 0 spiro atoms. The smallest absolute Gasteiger partial charge is 0.322 e. The quantitative estimate of drug-likeness (QED) is 0.887. The first kappa shape index (κ1) is 17.8. The van der Waals surface area contributed by atoms with Crippen LogP contribution in [0.25, 0.3) is 0 Å². The second-order valence-corrected chi connectivity index (χ2v) is 7.10. The van der Waals surface area contributed by atoms with Gasteiger partial charge < -0.3 is 15.1 Å². The molecule has 5 nitrogen and oxygen atoms in total. The molecule has 0 radical (unpaired) electrons. The number of nitrogens with zero attached hydrogens (tertiary/aromatic N) is 2. The monoisotopic (exact) mass is 343 g/mol. The van der Waals surface area contributed by atoms with E-state index in [-0.39, 0.29) is 18.0 Å². The molecule has 0 unspecified atom stereocenters. The van der Waals surface area contributed by atoms with Crippen molar-refractivity contribution in [3.05, 3.63) is 29.8 Å². The van der Waals surface area contributed by atoms with Gasteiger partial charge in [-0.2, -0.15) is 0 Å². The number of urea groups is 1. The van der Waals surface area contributed by atoms with Crippen molar-refractivity contribution in [2.45, 2.75) is 57.9 Å². The van der Waals surface area contributed by atoms with Crippen molar-refractivity contribution in [1.82, 2.24) is 9.80 Å². The molecule has 0 saturated carbocycles. The fourth-order valence-electron chi connectivity index (χ4n) is 3.88. The van der Waals surface area contributed by atoms with Crippen molar-refractivity contribution < 1.29 is 9.59 Å². The molecule has 3 rings (SSSR count). The van der Waals surface area contributed by atoms with Crippen LogP contribution in [0, 0.1) is 0 Å². The highest BCUT2D eigenvalue weighted by molar-refractivity contribution is 5.89. The highest BCUT2D eigenvalue weighted by Crippen LogP contribution is 2.23. The Kier molecular flexibility index (Phi) is 5.95. The maximum absolute atomic E-state index is 12.8. The summed E-state index contributed by atoms with van der Waals surface area (Å²) < 4.78 is 0. The van der Waals surface area contributed by atoms with E-state index >= 15 is 0 Å². The molecule has 136 valence electrons. The fraction of sp³-hybridized carbons (Fsp3) is 0.600. The molecule has 3 amide bonds. The second-order valence-electron chi connectivity index (χ2n) is 7.10. The summed E-state index contributed by atoms with van der Waals surface area (Å²) in [5.41, 5.74) is 2.09. The van der Waals surface area contributed by atoms with Crippen molar-refractivity contribution >= 4 is 17.6 Å². The zero-order valence-electron chi connectivity index (χ0n) is 15.2.